The molecule has 0 aliphatic carbocycles. The normalized spacial score (nSPS) is 15.1. The molecule has 1 aliphatic heterocycles. The summed E-state index contributed by atoms with van der Waals surface area (Å²) >= 11 is 0. The molecule has 2 aromatic carbocycles. The Hall–Kier alpha value is -3.03. The number of carbonyl (C=O) groups excluding carboxylic acids is 2. The number of amides is 2. The van der Waals surface area contributed by atoms with Crippen LogP contribution < -0.4 is 10.1 Å². The van der Waals surface area contributed by atoms with Crippen LogP contribution in [-0.2, 0) is 11.0 Å². The van der Waals surface area contributed by atoms with Gasteiger partial charge in [0.1, 0.15) is 5.75 Å². The maximum Gasteiger partial charge on any atom is 0.417 e. The van der Waals surface area contributed by atoms with E-state index in [1.165, 1.54) is 12.1 Å². The third-order valence-corrected chi connectivity index (χ3v) is 4.77. The van der Waals surface area contributed by atoms with Crippen LogP contribution in [0.3, 0.4) is 0 Å². The molecule has 29 heavy (non-hydrogen) atoms. The van der Waals surface area contributed by atoms with E-state index in [9.17, 15) is 22.8 Å². The van der Waals surface area contributed by atoms with Gasteiger partial charge in [-0.15, -0.1) is 0 Å². The van der Waals surface area contributed by atoms with Crippen LogP contribution in [0, 0.1) is 0 Å². The Balaban J connectivity index is 1.50. The van der Waals surface area contributed by atoms with Gasteiger partial charge in [0.25, 0.3) is 11.8 Å². The lowest BCUT2D eigenvalue weighted by Gasteiger charge is -2.32. The van der Waals surface area contributed by atoms with Crippen molar-refractivity contribution in [1.82, 2.24) is 10.2 Å². The molecule has 3 rings (SSSR count). The smallest absolute Gasteiger partial charge is 0.417 e. The van der Waals surface area contributed by atoms with Gasteiger partial charge in [0.2, 0.25) is 0 Å². The Bertz CT molecular complexity index is 848. The molecule has 0 bridgehead atoms. The van der Waals surface area contributed by atoms with E-state index in [0.717, 1.165) is 12.1 Å². The number of piperidine rings is 1. The van der Waals surface area contributed by atoms with Crippen molar-refractivity contribution in [3.8, 4) is 5.75 Å². The zero-order valence-corrected chi connectivity index (χ0v) is 15.6. The first-order chi connectivity index (χ1) is 13.8. The molecule has 1 aliphatic rings. The maximum atomic E-state index is 13.1. The monoisotopic (exact) mass is 406 g/mol. The van der Waals surface area contributed by atoms with Crippen LogP contribution in [0.15, 0.2) is 54.6 Å². The number of benzene rings is 2. The van der Waals surface area contributed by atoms with E-state index < -0.39 is 23.2 Å². The van der Waals surface area contributed by atoms with Crippen molar-refractivity contribution >= 4 is 11.8 Å². The minimum Gasteiger partial charge on any atom is -0.484 e. The second-order valence-electron chi connectivity index (χ2n) is 6.77. The number of carbonyl (C=O) groups is 2. The van der Waals surface area contributed by atoms with Gasteiger partial charge in [-0.25, -0.2) is 0 Å². The molecule has 154 valence electrons. The van der Waals surface area contributed by atoms with Crippen LogP contribution in [0.4, 0.5) is 13.2 Å². The number of nitrogens with one attached hydrogen (secondary N) is 1. The molecule has 1 heterocycles. The second-order valence-corrected chi connectivity index (χ2v) is 6.77. The fraction of sp³-hybridized carbons (Fsp3) is 0.333. The number of likely N-dealkylation sites (tertiary alicyclic amines) is 1. The average Bonchev–Trinajstić information content (AvgIpc) is 2.72. The molecule has 0 aromatic heterocycles. The zero-order chi connectivity index (χ0) is 20.9. The maximum absolute atomic E-state index is 13.1. The summed E-state index contributed by atoms with van der Waals surface area (Å²) in [6, 6.07) is 13.4. The highest BCUT2D eigenvalue weighted by atomic mass is 19.4. The van der Waals surface area contributed by atoms with Crippen molar-refractivity contribution in [2.45, 2.75) is 25.1 Å². The predicted molar refractivity (Wildman–Crippen MR) is 100 cm³/mol. The molecule has 8 heteroatoms. The summed E-state index contributed by atoms with van der Waals surface area (Å²) in [5, 5.41) is 2.66. The van der Waals surface area contributed by atoms with Gasteiger partial charge < -0.3 is 15.0 Å². The van der Waals surface area contributed by atoms with E-state index in [1.54, 1.807) is 17.0 Å². The van der Waals surface area contributed by atoms with Gasteiger partial charge in [-0.1, -0.05) is 30.3 Å². The molecular formula is C21H21F3N2O3. The number of para-hydroxylation sites is 1. The van der Waals surface area contributed by atoms with Gasteiger partial charge in [-0.3, -0.25) is 9.59 Å². The SMILES string of the molecule is O=C(NC1CCN(C(=O)COc2ccccc2)CC1)c1ccccc1C(F)(F)F. The second kappa shape index (κ2) is 8.98. The number of alkyl halides is 3. The highest BCUT2D eigenvalue weighted by Crippen LogP contribution is 2.31. The van der Waals surface area contributed by atoms with Gasteiger partial charge in [0.15, 0.2) is 6.61 Å². The molecule has 5 nitrogen and oxygen atoms in total. The first kappa shape index (κ1) is 20.7. The van der Waals surface area contributed by atoms with E-state index in [-0.39, 0.29) is 18.6 Å². The van der Waals surface area contributed by atoms with Crippen molar-refractivity contribution in [3.05, 3.63) is 65.7 Å². The summed E-state index contributed by atoms with van der Waals surface area (Å²) in [5.41, 5.74) is -1.35. The molecule has 2 aromatic rings. The highest BCUT2D eigenvalue weighted by Gasteiger charge is 2.35. The Morgan fingerprint density at radius 2 is 1.62 bits per heavy atom. The van der Waals surface area contributed by atoms with Gasteiger partial charge in [-0.05, 0) is 37.1 Å². The molecule has 1 fully saturated rings. The van der Waals surface area contributed by atoms with E-state index in [4.69, 9.17) is 4.74 Å². The summed E-state index contributed by atoms with van der Waals surface area (Å²) in [7, 11) is 0. The summed E-state index contributed by atoms with van der Waals surface area (Å²) in [6.07, 6.45) is -3.66. The highest BCUT2D eigenvalue weighted by molar-refractivity contribution is 5.96. The van der Waals surface area contributed by atoms with Crippen LogP contribution >= 0.6 is 0 Å². The van der Waals surface area contributed by atoms with Crippen LogP contribution in [-0.4, -0.2) is 42.5 Å². The van der Waals surface area contributed by atoms with Crippen LogP contribution in [0.5, 0.6) is 5.75 Å². The Labute approximate surface area is 166 Å². The summed E-state index contributed by atoms with van der Waals surface area (Å²) < 4.78 is 44.7. The largest absolute Gasteiger partial charge is 0.484 e. The Kier molecular flexibility index (Phi) is 6.41. The van der Waals surface area contributed by atoms with Gasteiger partial charge in [0.05, 0.1) is 11.1 Å². The molecule has 1 N–H and O–H groups in total. The van der Waals surface area contributed by atoms with Gasteiger partial charge in [-0.2, -0.15) is 13.2 Å². The minimum atomic E-state index is -4.59. The third-order valence-electron chi connectivity index (χ3n) is 4.77. The lowest BCUT2D eigenvalue weighted by atomic mass is 10.0. The topological polar surface area (TPSA) is 58.6 Å². The van der Waals surface area contributed by atoms with E-state index >= 15 is 0 Å². The van der Waals surface area contributed by atoms with Crippen molar-refractivity contribution in [3.63, 3.8) is 0 Å². The molecule has 0 spiro atoms. The van der Waals surface area contributed by atoms with Crippen molar-refractivity contribution < 1.29 is 27.5 Å². The molecule has 2 amide bonds. The van der Waals surface area contributed by atoms with Crippen LogP contribution in [0.25, 0.3) is 0 Å². The number of rotatable bonds is 5. The van der Waals surface area contributed by atoms with Crippen LogP contribution in [0.2, 0.25) is 0 Å². The van der Waals surface area contributed by atoms with E-state index in [2.05, 4.69) is 5.32 Å². The number of halogens is 3. The lowest BCUT2D eigenvalue weighted by molar-refractivity contribution is -0.138. The standard InChI is InChI=1S/C21H21F3N2O3/c22-21(23,24)18-9-5-4-8-17(18)20(28)25-15-10-12-26(13-11-15)19(27)14-29-16-6-2-1-3-7-16/h1-9,15H,10-14H2,(H,25,28). The molecule has 0 saturated carbocycles. The third kappa shape index (κ3) is 5.49. The van der Waals surface area contributed by atoms with E-state index in [1.807, 2.05) is 18.2 Å². The number of ether oxygens (including phenoxy) is 1. The Morgan fingerprint density at radius 3 is 2.28 bits per heavy atom. The first-order valence-electron chi connectivity index (χ1n) is 9.27. The van der Waals surface area contributed by atoms with Crippen LogP contribution in [0.1, 0.15) is 28.8 Å². The average molecular weight is 406 g/mol. The van der Waals surface area contributed by atoms with Gasteiger partial charge in [0, 0.05) is 19.1 Å². The van der Waals surface area contributed by atoms with Crippen molar-refractivity contribution in [1.29, 1.82) is 0 Å². The van der Waals surface area contributed by atoms with E-state index in [0.29, 0.717) is 31.7 Å². The molecule has 0 radical (unpaired) electrons. The predicted octanol–water partition coefficient (Wildman–Crippen LogP) is 3.51. The Morgan fingerprint density at radius 1 is 1.00 bits per heavy atom. The summed E-state index contributed by atoms with van der Waals surface area (Å²) in [6.45, 7) is 0.728. The summed E-state index contributed by atoms with van der Waals surface area (Å²) in [4.78, 5) is 26.2. The zero-order valence-electron chi connectivity index (χ0n) is 15.6. The number of nitrogens with zero attached hydrogens (tertiary/aromatic N) is 1. The van der Waals surface area contributed by atoms with Gasteiger partial charge >= 0.3 is 6.18 Å². The quantitative estimate of drug-likeness (QED) is 0.827. The molecule has 0 unspecified atom stereocenters. The fourth-order valence-electron chi connectivity index (χ4n) is 3.22. The van der Waals surface area contributed by atoms with Crippen molar-refractivity contribution in [2.75, 3.05) is 19.7 Å². The number of hydrogen-bond donors (Lipinski definition) is 1. The summed E-state index contributed by atoms with van der Waals surface area (Å²) in [5.74, 6) is -0.317. The lowest BCUT2D eigenvalue weighted by Crippen LogP contribution is -2.47. The molecule has 0 atom stereocenters. The number of hydrogen-bond acceptors (Lipinski definition) is 3. The van der Waals surface area contributed by atoms with Crippen molar-refractivity contribution in [2.24, 2.45) is 0 Å². The molecule has 1 saturated heterocycles. The fourth-order valence-corrected chi connectivity index (χ4v) is 3.22. The molecular weight excluding hydrogens is 385 g/mol. The minimum absolute atomic E-state index is 0.0833. The first-order valence-corrected chi connectivity index (χ1v) is 9.27.